The maximum absolute atomic E-state index is 12.8. The van der Waals surface area contributed by atoms with Gasteiger partial charge in [-0.1, -0.05) is 0 Å². The SMILES string of the molecule is COC(=O)c1ccc2nc(OS(=O)(=O)C(F)(F)F)c(N3CCCCC3)nc2c1. The highest BCUT2D eigenvalue weighted by Crippen LogP contribution is 2.33. The average molecular weight is 419 g/mol. The second-order valence-corrected chi connectivity index (χ2v) is 7.62. The van der Waals surface area contributed by atoms with Crippen LogP contribution in [0.4, 0.5) is 19.0 Å². The minimum Gasteiger partial charge on any atom is -0.465 e. The van der Waals surface area contributed by atoms with Crippen LogP contribution in [0.5, 0.6) is 5.88 Å². The van der Waals surface area contributed by atoms with Crippen molar-refractivity contribution in [1.82, 2.24) is 9.97 Å². The zero-order valence-electron chi connectivity index (χ0n) is 14.7. The van der Waals surface area contributed by atoms with Crippen molar-refractivity contribution in [2.24, 2.45) is 0 Å². The Morgan fingerprint density at radius 3 is 2.39 bits per heavy atom. The number of halogens is 3. The van der Waals surface area contributed by atoms with Crippen LogP contribution in [0.25, 0.3) is 11.0 Å². The van der Waals surface area contributed by atoms with Gasteiger partial charge in [-0.25, -0.2) is 14.8 Å². The Hall–Kier alpha value is -2.63. The van der Waals surface area contributed by atoms with E-state index in [-0.39, 0.29) is 22.4 Å². The van der Waals surface area contributed by atoms with E-state index in [9.17, 15) is 26.4 Å². The molecule has 1 aliphatic rings. The van der Waals surface area contributed by atoms with Crippen molar-refractivity contribution in [2.75, 3.05) is 25.1 Å². The standard InChI is InChI=1S/C16H16F3N3O5S/c1-26-15(23)10-5-6-11-12(9-10)20-13(22-7-3-2-4-8-22)14(21-11)27-28(24,25)16(17,18)19/h5-6,9H,2-4,7-8H2,1H3. The van der Waals surface area contributed by atoms with Crippen LogP contribution >= 0.6 is 0 Å². The third-order valence-electron chi connectivity index (χ3n) is 4.16. The number of carbonyl (C=O) groups excluding carboxylic acids is 1. The second kappa shape index (κ2) is 7.41. The predicted octanol–water partition coefficient (Wildman–Crippen LogP) is 2.64. The van der Waals surface area contributed by atoms with Crippen LogP contribution in [0.15, 0.2) is 18.2 Å². The molecule has 1 aliphatic heterocycles. The fourth-order valence-corrected chi connectivity index (χ4v) is 3.21. The molecule has 0 unspecified atom stereocenters. The Morgan fingerprint density at radius 1 is 1.11 bits per heavy atom. The van der Waals surface area contributed by atoms with Gasteiger partial charge >= 0.3 is 21.6 Å². The van der Waals surface area contributed by atoms with Crippen molar-refractivity contribution >= 4 is 32.9 Å². The summed E-state index contributed by atoms with van der Waals surface area (Å²) >= 11 is 0. The van der Waals surface area contributed by atoms with Gasteiger partial charge in [0.2, 0.25) is 0 Å². The van der Waals surface area contributed by atoms with Crippen LogP contribution in [0.1, 0.15) is 29.6 Å². The number of benzene rings is 1. The van der Waals surface area contributed by atoms with Gasteiger partial charge in [0, 0.05) is 13.1 Å². The largest absolute Gasteiger partial charge is 0.534 e. The van der Waals surface area contributed by atoms with Crippen molar-refractivity contribution < 1.29 is 35.3 Å². The van der Waals surface area contributed by atoms with Gasteiger partial charge in [0.05, 0.1) is 23.7 Å². The van der Waals surface area contributed by atoms with Gasteiger partial charge in [-0.2, -0.15) is 21.6 Å². The first-order valence-electron chi connectivity index (χ1n) is 8.28. The Bertz CT molecular complexity index is 1000. The first-order valence-corrected chi connectivity index (χ1v) is 9.69. The van der Waals surface area contributed by atoms with E-state index in [2.05, 4.69) is 18.9 Å². The zero-order chi connectivity index (χ0) is 20.5. The number of carbonyl (C=O) groups is 1. The van der Waals surface area contributed by atoms with E-state index >= 15 is 0 Å². The number of ether oxygens (including phenoxy) is 1. The van der Waals surface area contributed by atoms with E-state index < -0.39 is 27.5 Å². The first kappa shape index (κ1) is 20.1. The molecule has 1 aromatic heterocycles. The molecule has 0 radical (unpaired) electrons. The molecule has 8 nitrogen and oxygen atoms in total. The number of alkyl halides is 3. The molecule has 152 valence electrons. The zero-order valence-corrected chi connectivity index (χ0v) is 15.5. The topological polar surface area (TPSA) is 98.7 Å². The van der Waals surface area contributed by atoms with E-state index in [4.69, 9.17) is 0 Å². The molecule has 3 rings (SSSR count). The van der Waals surface area contributed by atoms with Crippen LogP contribution in [-0.2, 0) is 14.9 Å². The summed E-state index contributed by atoms with van der Waals surface area (Å²) in [5.74, 6) is -1.50. The van der Waals surface area contributed by atoms with Gasteiger partial charge < -0.3 is 13.8 Å². The van der Waals surface area contributed by atoms with Gasteiger partial charge in [0.25, 0.3) is 5.88 Å². The second-order valence-electron chi connectivity index (χ2n) is 6.08. The summed E-state index contributed by atoms with van der Waals surface area (Å²) < 4.78 is 70.2. The molecule has 0 atom stereocenters. The molecule has 0 N–H and O–H groups in total. The molecule has 0 aliphatic carbocycles. The van der Waals surface area contributed by atoms with E-state index in [0.29, 0.717) is 13.1 Å². The number of hydrogen-bond acceptors (Lipinski definition) is 8. The lowest BCUT2D eigenvalue weighted by Crippen LogP contribution is -2.33. The summed E-state index contributed by atoms with van der Waals surface area (Å²) in [7, 11) is -4.70. The first-order chi connectivity index (χ1) is 13.1. The van der Waals surface area contributed by atoms with Gasteiger partial charge in [0.15, 0.2) is 5.82 Å². The molecule has 12 heteroatoms. The number of aromatic nitrogens is 2. The molecule has 1 fully saturated rings. The molecule has 1 aromatic carbocycles. The molecule has 0 bridgehead atoms. The number of fused-ring (bicyclic) bond motifs is 1. The molecule has 28 heavy (non-hydrogen) atoms. The number of anilines is 1. The Morgan fingerprint density at radius 2 is 1.79 bits per heavy atom. The highest BCUT2D eigenvalue weighted by atomic mass is 32.2. The van der Waals surface area contributed by atoms with Crippen molar-refractivity contribution in [3.8, 4) is 5.88 Å². The van der Waals surface area contributed by atoms with Crippen LogP contribution in [0.2, 0.25) is 0 Å². The molecule has 2 aromatic rings. The molecular formula is C16H16F3N3O5S. The third kappa shape index (κ3) is 3.96. The third-order valence-corrected chi connectivity index (χ3v) is 5.11. The Labute approximate surface area is 158 Å². The number of nitrogens with zero attached hydrogens (tertiary/aromatic N) is 3. The lowest BCUT2D eigenvalue weighted by Gasteiger charge is -2.28. The normalized spacial score (nSPS) is 15.5. The highest BCUT2D eigenvalue weighted by molar-refractivity contribution is 7.88. The maximum Gasteiger partial charge on any atom is 0.534 e. The monoisotopic (exact) mass is 419 g/mol. The van der Waals surface area contributed by atoms with Crippen LogP contribution in [-0.4, -0.2) is 50.1 Å². The van der Waals surface area contributed by atoms with Crippen molar-refractivity contribution in [1.29, 1.82) is 0 Å². The molecule has 0 saturated carbocycles. The van der Waals surface area contributed by atoms with E-state index in [1.165, 1.54) is 25.3 Å². The molecule has 0 amide bonds. The lowest BCUT2D eigenvalue weighted by molar-refractivity contribution is -0.0501. The number of hydrogen-bond donors (Lipinski definition) is 0. The Kier molecular flexibility index (Phi) is 5.33. The lowest BCUT2D eigenvalue weighted by atomic mass is 10.1. The summed E-state index contributed by atoms with van der Waals surface area (Å²) in [6.45, 7) is 0.915. The number of rotatable bonds is 4. The van der Waals surface area contributed by atoms with Crippen molar-refractivity contribution in [2.45, 2.75) is 24.8 Å². The number of piperidine rings is 1. The summed E-state index contributed by atoms with van der Waals surface area (Å²) in [5, 5.41) is 0. The van der Waals surface area contributed by atoms with E-state index in [0.717, 1.165) is 19.3 Å². The van der Waals surface area contributed by atoms with Crippen LogP contribution in [0.3, 0.4) is 0 Å². The van der Waals surface area contributed by atoms with Gasteiger partial charge in [-0.3, -0.25) is 0 Å². The van der Waals surface area contributed by atoms with Crippen LogP contribution < -0.4 is 9.08 Å². The highest BCUT2D eigenvalue weighted by Gasteiger charge is 2.49. The van der Waals surface area contributed by atoms with Crippen LogP contribution in [0, 0.1) is 0 Å². The Balaban J connectivity index is 2.13. The molecule has 0 spiro atoms. The smallest absolute Gasteiger partial charge is 0.465 e. The van der Waals surface area contributed by atoms with Gasteiger partial charge in [-0.15, -0.1) is 0 Å². The van der Waals surface area contributed by atoms with Crippen molar-refractivity contribution in [3.63, 3.8) is 0 Å². The maximum atomic E-state index is 12.8. The summed E-state index contributed by atoms with van der Waals surface area (Å²) in [4.78, 5) is 21.5. The molecule has 2 heterocycles. The fraction of sp³-hybridized carbons (Fsp3) is 0.438. The van der Waals surface area contributed by atoms with Gasteiger partial charge in [0.1, 0.15) is 0 Å². The average Bonchev–Trinajstić information content (AvgIpc) is 2.66. The van der Waals surface area contributed by atoms with E-state index in [1.807, 2.05) is 0 Å². The summed E-state index contributed by atoms with van der Waals surface area (Å²) in [6, 6.07) is 4.02. The predicted molar refractivity (Wildman–Crippen MR) is 92.5 cm³/mol. The minimum atomic E-state index is -5.91. The molecule has 1 saturated heterocycles. The molecular weight excluding hydrogens is 403 g/mol. The van der Waals surface area contributed by atoms with E-state index in [1.54, 1.807) is 4.90 Å². The van der Waals surface area contributed by atoms with Gasteiger partial charge in [-0.05, 0) is 37.5 Å². The number of methoxy groups -OCH3 is 1. The minimum absolute atomic E-state index is 0.0702. The summed E-state index contributed by atoms with van der Waals surface area (Å²) in [6.07, 6.45) is 2.45. The fourth-order valence-electron chi connectivity index (χ4n) is 2.79. The summed E-state index contributed by atoms with van der Waals surface area (Å²) in [5.41, 5.74) is -5.16. The quantitative estimate of drug-likeness (QED) is 0.424. The number of esters is 1. The van der Waals surface area contributed by atoms with Crippen molar-refractivity contribution in [3.05, 3.63) is 23.8 Å².